The molecule has 3 spiro atoms. The van der Waals surface area contributed by atoms with E-state index in [1.807, 2.05) is 36.0 Å². The van der Waals surface area contributed by atoms with Crippen molar-refractivity contribution in [3.63, 3.8) is 0 Å². The molecule has 7 aliphatic carbocycles. The Bertz CT molecular complexity index is 1720. The van der Waals surface area contributed by atoms with E-state index in [1.165, 1.54) is 0 Å². The summed E-state index contributed by atoms with van der Waals surface area (Å²) in [6.07, 6.45) is 11.4. The number of H-pyrrole nitrogens is 2. The van der Waals surface area contributed by atoms with Gasteiger partial charge in [-0.05, 0) is 80.0 Å². The topological polar surface area (TPSA) is 106 Å². The number of amides is 2. The number of carbonyl (C=O) groups excluding carboxylic acids is 4. The Hall–Kier alpha value is -3.68. The van der Waals surface area contributed by atoms with Gasteiger partial charge in [-0.2, -0.15) is 0 Å². The maximum absolute atomic E-state index is 14.2. The monoisotopic (exact) mass is 532 g/mol. The summed E-state index contributed by atoms with van der Waals surface area (Å²) in [6.45, 7) is 5.43. The quantitative estimate of drug-likeness (QED) is 0.620. The molecule has 2 aromatic rings. The average molecular weight is 533 g/mol. The van der Waals surface area contributed by atoms with Crippen LogP contribution >= 0.6 is 0 Å². The molecule has 2 aliphatic heterocycles. The Morgan fingerprint density at radius 2 is 1.20 bits per heavy atom. The minimum Gasteiger partial charge on any atom is -0.358 e. The number of ketones is 2. The van der Waals surface area contributed by atoms with E-state index in [9.17, 15) is 19.2 Å². The van der Waals surface area contributed by atoms with Gasteiger partial charge < -0.3 is 19.8 Å². The number of carbonyl (C=O) groups is 4. The second-order valence-corrected chi connectivity index (χ2v) is 14.6. The summed E-state index contributed by atoms with van der Waals surface area (Å²) in [5.74, 6) is 0.919. The van der Waals surface area contributed by atoms with Crippen LogP contribution in [0.5, 0.6) is 0 Å². The number of allylic oxidation sites excluding steroid dienone is 4. The Labute approximate surface area is 229 Å². The highest BCUT2D eigenvalue weighted by Crippen LogP contribution is 3.01. The Balaban J connectivity index is 0.898. The number of piperidine rings is 2. The van der Waals surface area contributed by atoms with E-state index in [4.69, 9.17) is 0 Å². The molecule has 6 unspecified atom stereocenters. The molecule has 0 aromatic carbocycles. The molecular weight excluding hydrogens is 504 g/mol. The van der Waals surface area contributed by atoms with E-state index in [-0.39, 0.29) is 39.6 Å². The molecule has 11 rings (SSSR count). The number of fused-ring (bicyclic) bond motifs is 2. The number of hydrogen-bond donors (Lipinski definition) is 2. The lowest BCUT2D eigenvalue weighted by molar-refractivity contribution is -0.146. The van der Waals surface area contributed by atoms with Gasteiger partial charge >= 0.3 is 0 Å². The predicted molar refractivity (Wildman–Crippen MR) is 140 cm³/mol. The van der Waals surface area contributed by atoms with Crippen LogP contribution in [0.2, 0.25) is 0 Å². The summed E-state index contributed by atoms with van der Waals surface area (Å²) in [5.41, 5.74) is 6.03. The largest absolute Gasteiger partial charge is 0.358 e. The highest BCUT2D eigenvalue weighted by atomic mass is 16.2. The predicted octanol–water partition coefficient (Wildman–Crippen LogP) is 3.19. The fourth-order valence-corrected chi connectivity index (χ4v) is 11.4. The van der Waals surface area contributed by atoms with E-state index in [0.29, 0.717) is 42.7 Å². The molecule has 2 aromatic heterocycles. The molecule has 9 aliphatic rings. The first-order valence-corrected chi connectivity index (χ1v) is 14.7. The van der Waals surface area contributed by atoms with Crippen molar-refractivity contribution in [3.8, 4) is 0 Å². The molecule has 0 bridgehead atoms. The van der Waals surface area contributed by atoms with Crippen molar-refractivity contribution in [3.05, 3.63) is 69.6 Å². The minimum atomic E-state index is -0.459. The molecule has 5 saturated carbocycles. The molecule has 8 nitrogen and oxygen atoms in total. The average Bonchev–Trinajstić information content (AvgIpc) is 3.84. The number of aromatic amines is 2. The van der Waals surface area contributed by atoms with Gasteiger partial charge in [0.15, 0.2) is 0 Å². The second-order valence-electron chi connectivity index (χ2n) is 14.6. The van der Waals surface area contributed by atoms with Gasteiger partial charge in [0, 0.05) is 65.3 Å². The fourth-order valence-electron chi connectivity index (χ4n) is 11.4. The number of hydrogen-bond acceptors (Lipinski definition) is 4. The lowest BCUT2D eigenvalue weighted by Crippen LogP contribution is -2.49. The molecule has 2 saturated heterocycles. The van der Waals surface area contributed by atoms with Gasteiger partial charge in [0.2, 0.25) is 23.4 Å². The first kappa shape index (κ1) is 21.1. The van der Waals surface area contributed by atoms with Gasteiger partial charge in [-0.1, -0.05) is 0 Å². The number of aromatic nitrogens is 2. The summed E-state index contributed by atoms with van der Waals surface area (Å²) in [4.78, 5) is 64.6. The molecule has 8 heteroatoms. The van der Waals surface area contributed by atoms with Gasteiger partial charge in [0.1, 0.15) is 0 Å². The van der Waals surface area contributed by atoms with Gasteiger partial charge in [-0.25, -0.2) is 0 Å². The Morgan fingerprint density at radius 3 is 1.62 bits per heavy atom. The first-order chi connectivity index (χ1) is 19.2. The highest BCUT2D eigenvalue weighted by molar-refractivity contribution is 6.11. The normalized spacial score (nSPS) is 44.5. The van der Waals surface area contributed by atoms with Crippen molar-refractivity contribution in [2.24, 2.45) is 28.1 Å². The standard InChI is InChI=1S/C32H28N4O4/c1-14-7-33-24-18(37)3-20-31(22(14)24)5-16(31)9-35(20)26(39)28-11-29(13-30(28,29)12-28)27(40)36-10-17-6-32(17)21(36)4-19(38)25-23(32)15(2)8-34-25/h3-4,7-8,16-17,33-34H,5-6,9-13H2,1-2H3. The maximum Gasteiger partial charge on any atom is 0.233 e. The number of nitrogens with zero attached hydrogens (tertiary/aromatic N) is 2. The fraction of sp³-hybridized carbons (Fsp3) is 0.500. The van der Waals surface area contributed by atoms with E-state index in [1.54, 1.807) is 12.2 Å². The third kappa shape index (κ3) is 1.73. The summed E-state index contributed by atoms with van der Waals surface area (Å²) < 4.78 is 0. The second kappa shape index (κ2) is 5.46. The van der Waals surface area contributed by atoms with Crippen LogP contribution < -0.4 is 0 Å². The van der Waals surface area contributed by atoms with E-state index in [2.05, 4.69) is 9.97 Å². The third-order valence-corrected chi connectivity index (χ3v) is 13.3. The van der Waals surface area contributed by atoms with Crippen LogP contribution in [0.1, 0.15) is 75.3 Å². The summed E-state index contributed by atoms with van der Waals surface area (Å²) in [7, 11) is 0. The van der Waals surface area contributed by atoms with Crippen LogP contribution in [-0.4, -0.2) is 56.2 Å². The molecule has 40 heavy (non-hydrogen) atoms. The Kier molecular flexibility index (Phi) is 2.88. The zero-order valence-electron chi connectivity index (χ0n) is 22.4. The van der Waals surface area contributed by atoms with Crippen LogP contribution in [0.25, 0.3) is 0 Å². The molecule has 200 valence electrons. The highest BCUT2D eigenvalue weighted by Gasteiger charge is 3.02. The van der Waals surface area contributed by atoms with Gasteiger partial charge in [-0.15, -0.1) is 0 Å². The van der Waals surface area contributed by atoms with Crippen LogP contribution in [-0.2, 0) is 20.4 Å². The number of rotatable bonds is 2. The smallest absolute Gasteiger partial charge is 0.233 e. The zero-order chi connectivity index (χ0) is 26.9. The van der Waals surface area contributed by atoms with Crippen molar-refractivity contribution in [1.82, 2.24) is 19.8 Å². The zero-order valence-corrected chi connectivity index (χ0v) is 22.4. The van der Waals surface area contributed by atoms with Gasteiger partial charge in [0.05, 0.1) is 22.2 Å². The lowest BCUT2D eigenvalue weighted by Gasteiger charge is -2.39. The molecule has 0 radical (unpaired) electrons. The van der Waals surface area contributed by atoms with E-state index in [0.717, 1.165) is 59.3 Å². The van der Waals surface area contributed by atoms with Crippen molar-refractivity contribution in [2.45, 2.75) is 56.8 Å². The van der Waals surface area contributed by atoms with Crippen LogP contribution in [0, 0.1) is 41.9 Å². The summed E-state index contributed by atoms with van der Waals surface area (Å²) in [6, 6.07) is 0. The number of aryl methyl sites for hydroxylation is 2. The summed E-state index contributed by atoms with van der Waals surface area (Å²) >= 11 is 0. The van der Waals surface area contributed by atoms with Crippen molar-refractivity contribution in [2.75, 3.05) is 13.1 Å². The van der Waals surface area contributed by atoms with Crippen molar-refractivity contribution < 1.29 is 19.2 Å². The molecule has 2 N–H and O–H groups in total. The molecule has 2 amide bonds. The first-order valence-electron chi connectivity index (χ1n) is 14.7. The summed E-state index contributed by atoms with van der Waals surface area (Å²) in [5, 5.41) is 0. The van der Waals surface area contributed by atoms with Crippen molar-refractivity contribution in [1.29, 1.82) is 0 Å². The third-order valence-electron chi connectivity index (χ3n) is 13.3. The molecule has 7 fully saturated rings. The number of likely N-dealkylation sites (tertiary alicyclic amines) is 2. The maximum atomic E-state index is 14.2. The van der Waals surface area contributed by atoms with Gasteiger partial charge in [0.25, 0.3) is 0 Å². The molecule has 6 atom stereocenters. The number of nitrogens with one attached hydrogen (secondary N) is 2. The lowest BCUT2D eigenvalue weighted by atomic mass is 9.72. The van der Waals surface area contributed by atoms with E-state index >= 15 is 0 Å². The molecule has 4 heterocycles. The van der Waals surface area contributed by atoms with Crippen LogP contribution in [0.15, 0.2) is 35.9 Å². The Morgan fingerprint density at radius 1 is 0.750 bits per heavy atom. The van der Waals surface area contributed by atoms with Crippen LogP contribution in [0.4, 0.5) is 0 Å². The molecular formula is C32H28N4O4. The van der Waals surface area contributed by atoms with E-state index < -0.39 is 10.8 Å². The minimum absolute atomic E-state index is 0.0423. The SMILES string of the molecule is Cc1c[nH]c2c1C13CC1CN(C(=O)C14CC5(C(=O)N6CC7CC78C6=CC(=O)c6[nH]cc(C)c68)CC15C4)C3=CC2=O. The van der Waals surface area contributed by atoms with Crippen LogP contribution in [0.3, 0.4) is 0 Å². The van der Waals surface area contributed by atoms with Crippen molar-refractivity contribution >= 4 is 23.4 Å². The van der Waals surface area contributed by atoms with Gasteiger partial charge in [-0.3, -0.25) is 19.2 Å².